The molecule has 1 saturated heterocycles. The molecule has 1 fully saturated rings. The minimum absolute atomic E-state index is 0.0760. The highest BCUT2D eigenvalue weighted by atomic mass is 16.4. The van der Waals surface area contributed by atoms with Crippen molar-refractivity contribution in [2.24, 2.45) is 5.41 Å². The highest BCUT2D eigenvalue weighted by molar-refractivity contribution is 5.80. The van der Waals surface area contributed by atoms with E-state index in [0.717, 1.165) is 12.8 Å². The third-order valence-corrected chi connectivity index (χ3v) is 4.32. The Kier molecular flexibility index (Phi) is 4.66. The molecule has 1 atom stereocenters. The first-order valence-corrected chi connectivity index (χ1v) is 7.47. The summed E-state index contributed by atoms with van der Waals surface area (Å²) in [5.41, 5.74) is 1.71. The normalized spacial score (nSPS) is 21.5. The quantitative estimate of drug-likeness (QED) is 0.906. The number of carbonyl (C=O) groups is 2. The van der Waals surface area contributed by atoms with E-state index in [0.29, 0.717) is 25.9 Å². The Balaban J connectivity index is 1.78. The Bertz CT molecular complexity index is 523. The van der Waals surface area contributed by atoms with Crippen molar-refractivity contribution in [2.45, 2.75) is 39.5 Å². The number of carboxylic acid groups (broad SMARTS) is 1. The summed E-state index contributed by atoms with van der Waals surface area (Å²) in [5, 5.41) is 9.18. The highest BCUT2D eigenvalue weighted by Gasteiger charge is 2.41. The SMILES string of the molecule is Cc1ccc(CCCC(=O)N2CC[C@](C)(C(=O)O)C2)cc1. The van der Waals surface area contributed by atoms with Crippen molar-refractivity contribution in [1.82, 2.24) is 4.90 Å². The summed E-state index contributed by atoms with van der Waals surface area (Å²) in [6, 6.07) is 8.35. The molecule has 0 bridgehead atoms. The molecule has 21 heavy (non-hydrogen) atoms. The van der Waals surface area contributed by atoms with Gasteiger partial charge in [-0.1, -0.05) is 29.8 Å². The number of aryl methyl sites for hydroxylation is 2. The summed E-state index contributed by atoms with van der Waals surface area (Å²) in [6.07, 6.45) is 2.73. The van der Waals surface area contributed by atoms with E-state index in [-0.39, 0.29) is 5.91 Å². The molecule has 1 N–H and O–H groups in total. The second-order valence-electron chi connectivity index (χ2n) is 6.27. The second-order valence-corrected chi connectivity index (χ2v) is 6.27. The molecule has 2 rings (SSSR count). The van der Waals surface area contributed by atoms with Crippen LogP contribution in [0.2, 0.25) is 0 Å². The number of hydrogen-bond acceptors (Lipinski definition) is 2. The number of nitrogens with zero attached hydrogens (tertiary/aromatic N) is 1. The molecule has 0 radical (unpaired) electrons. The van der Waals surface area contributed by atoms with Gasteiger partial charge in [-0.3, -0.25) is 9.59 Å². The Morgan fingerprint density at radius 3 is 2.52 bits per heavy atom. The lowest BCUT2D eigenvalue weighted by atomic mass is 9.90. The molecule has 0 aromatic heterocycles. The molecule has 114 valence electrons. The van der Waals surface area contributed by atoms with E-state index >= 15 is 0 Å². The van der Waals surface area contributed by atoms with Gasteiger partial charge in [-0.2, -0.15) is 0 Å². The maximum atomic E-state index is 12.1. The predicted molar refractivity (Wildman–Crippen MR) is 81.1 cm³/mol. The molecular formula is C17H23NO3. The first-order valence-electron chi connectivity index (χ1n) is 7.47. The number of carboxylic acids is 1. The Morgan fingerprint density at radius 2 is 1.95 bits per heavy atom. The minimum atomic E-state index is -0.808. The molecule has 1 aliphatic rings. The topological polar surface area (TPSA) is 57.6 Å². The van der Waals surface area contributed by atoms with Crippen molar-refractivity contribution in [2.75, 3.05) is 13.1 Å². The van der Waals surface area contributed by atoms with Crippen molar-refractivity contribution in [3.05, 3.63) is 35.4 Å². The summed E-state index contributed by atoms with van der Waals surface area (Å²) >= 11 is 0. The molecule has 1 amide bonds. The molecule has 1 heterocycles. The van der Waals surface area contributed by atoms with E-state index in [1.165, 1.54) is 11.1 Å². The van der Waals surface area contributed by atoms with Gasteiger partial charge in [0.15, 0.2) is 0 Å². The molecule has 4 heteroatoms. The first kappa shape index (κ1) is 15.5. The number of hydrogen-bond donors (Lipinski definition) is 1. The van der Waals surface area contributed by atoms with Crippen LogP contribution in [0.15, 0.2) is 24.3 Å². The Labute approximate surface area is 125 Å². The van der Waals surface area contributed by atoms with Crippen molar-refractivity contribution in [3.63, 3.8) is 0 Å². The molecule has 0 aliphatic carbocycles. The number of aliphatic carboxylic acids is 1. The van der Waals surface area contributed by atoms with Crippen molar-refractivity contribution < 1.29 is 14.7 Å². The van der Waals surface area contributed by atoms with Gasteiger partial charge in [0, 0.05) is 19.5 Å². The molecule has 1 aliphatic heterocycles. The highest BCUT2D eigenvalue weighted by Crippen LogP contribution is 2.30. The zero-order valence-corrected chi connectivity index (χ0v) is 12.8. The van der Waals surface area contributed by atoms with E-state index < -0.39 is 11.4 Å². The third-order valence-electron chi connectivity index (χ3n) is 4.32. The fourth-order valence-corrected chi connectivity index (χ4v) is 2.71. The zero-order chi connectivity index (χ0) is 15.5. The van der Waals surface area contributed by atoms with Gasteiger partial charge in [-0.25, -0.2) is 0 Å². The maximum absolute atomic E-state index is 12.1. The van der Waals surface area contributed by atoms with Gasteiger partial charge < -0.3 is 10.0 Å². The van der Waals surface area contributed by atoms with Gasteiger partial charge in [0.25, 0.3) is 0 Å². The average Bonchev–Trinajstić information content (AvgIpc) is 2.85. The van der Waals surface area contributed by atoms with Crippen LogP contribution in [0.5, 0.6) is 0 Å². The van der Waals surface area contributed by atoms with Gasteiger partial charge in [0.1, 0.15) is 0 Å². The summed E-state index contributed by atoms with van der Waals surface area (Å²) < 4.78 is 0. The second kappa shape index (κ2) is 6.29. The van der Waals surface area contributed by atoms with Crippen LogP contribution in [0.3, 0.4) is 0 Å². The fraction of sp³-hybridized carbons (Fsp3) is 0.529. The van der Waals surface area contributed by atoms with Gasteiger partial charge in [-0.15, -0.1) is 0 Å². The van der Waals surface area contributed by atoms with Crippen LogP contribution >= 0.6 is 0 Å². The van der Waals surface area contributed by atoms with E-state index in [1.54, 1.807) is 11.8 Å². The number of amides is 1. The van der Waals surface area contributed by atoms with Crippen LogP contribution in [-0.2, 0) is 16.0 Å². The summed E-state index contributed by atoms with van der Waals surface area (Å²) in [6.45, 7) is 4.67. The standard InChI is InChI=1S/C17H23NO3/c1-13-6-8-14(9-7-13)4-3-5-15(19)18-11-10-17(2,12-18)16(20)21/h6-9H,3-5,10-12H2,1-2H3,(H,20,21)/t17-/m0/s1. The van der Waals surface area contributed by atoms with Crippen LogP contribution in [0.1, 0.15) is 37.3 Å². The van der Waals surface area contributed by atoms with Gasteiger partial charge >= 0.3 is 5.97 Å². The van der Waals surface area contributed by atoms with Crippen molar-refractivity contribution in [3.8, 4) is 0 Å². The van der Waals surface area contributed by atoms with Crippen LogP contribution in [0.4, 0.5) is 0 Å². The summed E-state index contributed by atoms with van der Waals surface area (Å²) in [7, 11) is 0. The molecule has 0 spiro atoms. The summed E-state index contributed by atoms with van der Waals surface area (Å²) in [4.78, 5) is 25.0. The Morgan fingerprint density at radius 1 is 1.29 bits per heavy atom. The number of likely N-dealkylation sites (tertiary alicyclic amines) is 1. The largest absolute Gasteiger partial charge is 0.481 e. The number of carbonyl (C=O) groups excluding carboxylic acids is 1. The minimum Gasteiger partial charge on any atom is -0.481 e. The van der Waals surface area contributed by atoms with Crippen LogP contribution in [0.25, 0.3) is 0 Å². The number of rotatable bonds is 5. The van der Waals surface area contributed by atoms with Crippen LogP contribution in [0, 0.1) is 12.3 Å². The summed E-state index contributed by atoms with van der Waals surface area (Å²) in [5.74, 6) is -0.732. The average molecular weight is 289 g/mol. The van der Waals surface area contributed by atoms with Crippen LogP contribution in [-0.4, -0.2) is 35.0 Å². The van der Waals surface area contributed by atoms with Crippen molar-refractivity contribution in [1.29, 1.82) is 0 Å². The molecule has 0 saturated carbocycles. The lowest BCUT2D eigenvalue weighted by Gasteiger charge is -2.20. The maximum Gasteiger partial charge on any atom is 0.311 e. The third kappa shape index (κ3) is 3.84. The lowest BCUT2D eigenvalue weighted by Crippen LogP contribution is -2.34. The van der Waals surface area contributed by atoms with E-state index in [4.69, 9.17) is 0 Å². The molecule has 1 aromatic carbocycles. The fourth-order valence-electron chi connectivity index (χ4n) is 2.71. The smallest absolute Gasteiger partial charge is 0.311 e. The van der Waals surface area contributed by atoms with E-state index in [9.17, 15) is 14.7 Å². The van der Waals surface area contributed by atoms with E-state index in [2.05, 4.69) is 31.2 Å². The monoisotopic (exact) mass is 289 g/mol. The molecule has 4 nitrogen and oxygen atoms in total. The van der Waals surface area contributed by atoms with Gasteiger partial charge in [0.2, 0.25) is 5.91 Å². The molecule has 0 unspecified atom stereocenters. The Hall–Kier alpha value is -1.84. The van der Waals surface area contributed by atoms with Gasteiger partial charge in [0.05, 0.1) is 5.41 Å². The lowest BCUT2D eigenvalue weighted by molar-refractivity contribution is -0.147. The zero-order valence-electron chi connectivity index (χ0n) is 12.8. The first-order chi connectivity index (χ1) is 9.90. The van der Waals surface area contributed by atoms with Gasteiger partial charge in [-0.05, 0) is 38.7 Å². The number of benzene rings is 1. The van der Waals surface area contributed by atoms with Crippen LogP contribution < -0.4 is 0 Å². The molecular weight excluding hydrogens is 266 g/mol. The van der Waals surface area contributed by atoms with E-state index in [1.807, 2.05) is 0 Å². The molecule has 1 aromatic rings. The predicted octanol–water partition coefficient (Wildman–Crippen LogP) is 2.64. The van der Waals surface area contributed by atoms with Crippen molar-refractivity contribution >= 4 is 11.9 Å².